The van der Waals surface area contributed by atoms with Gasteiger partial charge in [-0.05, 0) is 30.3 Å². The van der Waals surface area contributed by atoms with Crippen molar-refractivity contribution < 1.29 is 23.7 Å². The van der Waals surface area contributed by atoms with Crippen LogP contribution in [0.1, 0.15) is 15.9 Å². The van der Waals surface area contributed by atoms with E-state index in [-0.39, 0.29) is 0 Å². The van der Waals surface area contributed by atoms with E-state index in [4.69, 9.17) is 18.9 Å². The zero-order chi connectivity index (χ0) is 19.1. The number of methoxy groups -OCH3 is 4. The third-order valence-electron chi connectivity index (χ3n) is 3.49. The second-order valence-corrected chi connectivity index (χ2v) is 5.92. The van der Waals surface area contributed by atoms with E-state index < -0.39 is 5.91 Å². The first-order valence-electron chi connectivity index (χ1n) is 7.51. The van der Waals surface area contributed by atoms with Crippen LogP contribution in [0.4, 0.5) is 0 Å². The molecule has 0 aliphatic carbocycles. The molecule has 2 rings (SSSR count). The van der Waals surface area contributed by atoms with E-state index >= 15 is 0 Å². The van der Waals surface area contributed by atoms with Crippen molar-refractivity contribution in [2.75, 3.05) is 28.4 Å². The maximum atomic E-state index is 12.4. The summed E-state index contributed by atoms with van der Waals surface area (Å²) in [6.45, 7) is 0. The molecule has 0 heterocycles. The number of rotatable bonds is 7. The van der Waals surface area contributed by atoms with E-state index in [0.717, 1.165) is 4.47 Å². The maximum absolute atomic E-state index is 12.4. The Bertz CT molecular complexity index is 798. The van der Waals surface area contributed by atoms with Crippen molar-refractivity contribution in [3.63, 3.8) is 0 Å². The van der Waals surface area contributed by atoms with Gasteiger partial charge in [0.15, 0.2) is 11.5 Å². The van der Waals surface area contributed by atoms with E-state index in [9.17, 15) is 4.79 Å². The first-order chi connectivity index (χ1) is 12.5. The van der Waals surface area contributed by atoms with Crippen LogP contribution in [-0.4, -0.2) is 40.6 Å². The van der Waals surface area contributed by atoms with E-state index in [1.165, 1.54) is 27.5 Å². The molecule has 0 aromatic heterocycles. The smallest absolute Gasteiger partial charge is 0.271 e. The molecule has 0 saturated heterocycles. The van der Waals surface area contributed by atoms with E-state index in [0.29, 0.717) is 34.1 Å². The molecule has 0 atom stereocenters. The number of carbonyl (C=O) groups is 1. The lowest BCUT2D eigenvalue weighted by molar-refractivity contribution is 0.0954. The SMILES string of the molecule is COc1ccc(Br)cc1/C=N/NC(=O)c1cc(OC)c(OC)c(OC)c1. The highest BCUT2D eigenvalue weighted by atomic mass is 79.9. The number of halogens is 1. The summed E-state index contributed by atoms with van der Waals surface area (Å²) in [6, 6.07) is 8.57. The van der Waals surface area contributed by atoms with Gasteiger partial charge in [0.05, 0.1) is 34.7 Å². The minimum absolute atomic E-state index is 0.317. The Morgan fingerprint density at radius 3 is 2.12 bits per heavy atom. The molecule has 1 amide bonds. The van der Waals surface area contributed by atoms with Crippen molar-refractivity contribution in [3.05, 3.63) is 45.9 Å². The summed E-state index contributed by atoms with van der Waals surface area (Å²) in [7, 11) is 6.03. The molecule has 0 aliphatic rings. The fourth-order valence-corrected chi connectivity index (χ4v) is 2.62. The lowest BCUT2D eigenvalue weighted by Gasteiger charge is -2.13. The molecule has 0 spiro atoms. The lowest BCUT2D eigenvalue weighted by Crippen LogP contribution is -2.18. The summed E-state index contributed by atoms with van der Waals surface area (Å²) >= 11 is 3.38. The Morgan fingerprint density at radius 1 is 0.962 bits per heavy atom. The van der Waals surface area contributed by atoms with Crippen LogP contribution in [0, 0.1) is 0 Å². The number of amides is 1. The van der Waals surface area contributed by atoms with Gasteiger partial charge in [0.1, 0.15) is 5.75 Å². The zero-order valence-electron chi connectivity index (χ0n) is 14.8. The predicted molar refractivity (Wildman–Crippen MR) is 102 cm³/mol. The topological polar surface area (TPSA) is 78.4 Å². The normalized spacial score (nSPS) is 10.5. The van der Waals surface area contributed by atoms with Gasteiger partial charge in [0.2, 0.25) is 5.75 Å². The first-order valence-corrected chi connectivity index (χ1v) is 8.30. The highest BCUT2D eigenvalue weighted by Crippen LogP contribution is 2.38. The van der Waals surface area contributed by atoms with Crippen LogP contribution >= 0.6 is 15.9 Å². The molecule has 0 bridgehead atoms. The summed E-state index contributed by atoms with van der Waals surface area (Å²) in [4.78, 5) is 12.4. The Hall–Kier alpha value is -2.74. The first kappa shape index (κ1) is 19.6. The lowest BCUT2D eigenvalue weighted by atomic mass is 10.1. The van der Waals surface area contributed by atoms with Crippen LogP contribution in [0.5, 0.6) is 23.0 Å². The molecule has 1 N–H and O–H groups in total. The average molecular weight is 423 g/mol. The molecule has 0 unspecified atom stereocenters. The summed E-state index contributed by atoms with van der Waals surface area (Å²) < 4.78 is 21.9. The van der Waals surface area contributed by atoms with Gasteiger partial charge in [0.25, 0.3) is 5.91 Å². The van der Waals surface area contributed by atoms with Gasteiger partial charge < -0.3 is 18.9 Å². The quantitative estimate of drug-likeness (QED) is 0.547. The minimum Gasteiger partial charge on any atom is -0.496 e. The highest BCUT2D eigenvalue weighted by molar-refractivity contribution is 9.10. The van der Waals surface area contributed by atoms with E-state index in [1.54, 1.807) is 25.3 Å². The number of hydrogen-bond acceptors (Lipinski definition) is 6. The van der Waals surface area contributed by atoms with Crippen LogP contribution in [0.25, 0.3) is 0 Å². The fraction of sp³-hybridized carbons (Fsp3) is 0.222. The Labute approximate surface area is 160 Å². The number of nitrogens with zero attached hydrogens (tertiary/aromatic N) is 1. The second-order valence-electron chi connectivity index (χ2n) is 5.00. The Balaban J connectivity index is 2.21. The van der Waals surface area contributed by atoms with Crippen molar-refractivity contribution in [2.45, 2.75) is 0 Å². The van der Waals surface area contributed by atoms with Gasteiger partial charge in [-0.25, -0.2) is 5.43 Å². The van der Waals surface area contributed by atoms with Crippen LogP contribution in [0.15, 0.2) is 39.9 Å². The predicted octanol–water partition coefficient (Wildman–Crippen LogP) is 3.25. The number of hydrogen-bond donors (Lipinski definition) is 1. The van der Waals surface area contributed by atoms with Gasteiger partial charge >= 0.3 is 0 Å². The van der Waals surface area contributed by atoms with Gasteiger partial charge in [-0.3, -0.25) is 4.79 Å². The molecule has 2 aromatic carbocycles. The number of hydrazone groups is 1. The molecular weight excluding hydrogens is 404 g/mol. The number of nitrogens with one attached hydrogen (secondary N) is 1. The van der Waals surface area contributed by atoms with Crippen molar-refractivity contribution in [1.29, 1.82) is 0 Å². The molecular formula is C18H19BrN2O5. The van der Waals surface area contributed by atoms with Crippen LogP contribution in [0.2, 0.25) is 0 Å². The van der Waals surface area contributed by atoms with Crippen molar-refractivity contribution in [2.24, 2.45) is 5.10 Å². The van der Waals surface area contributed by atoms with Crippen LogP contribution < -0.4 is 24.4 Å². The molecule has 0 aliphatic heterocycles. The Morgan fingerprint density at radius 2 is 1.58 bits per heavy atom. The third-order valence-corrected chi connectivity index (χ3v) is 3.98. The fourth-order valence-electron chi connectivity index (χ4n) is 2.24. The largest absolute Gasteiger partial charge is 0.496 e. The number of carbonyl (C=O) groups excluding carboxylic acids is 1. The van der Waals surface area contributed by atoms with Crippen molar-refractivity contribution in [3.8, 4) is 23.0 Å². The molecule has 0 fully saturated rings. The van der Waals surface area contributed by atoms with Crippen LogP contribution in [-0.2, 0) is 0 Å². The van der Waals surface area contributed by atoms with Gasteiger partial charge in [-0.15, -0.1) is 0 Å². The van der Waals surface area contributed by atoms with Gasteiger partial charge in [-0.2, -0.15) is 5.10 Å². The highest BCUT2D eigenvalue weighted by Gasteiger charge is 2.16. The van der Waals surface area contributed by atoms with Gasteiger partial charge in [-0.1, -0.05) is 15.9 Å². The monoisotopic (exact) mass is 422 g/mol. The molecule has 26 heavy (non-hydrogen) atoms. The molecule has 7 nitrogen and oxygen atoms in total. The van der Waals surface area contributed by atoms with Crippen LogP contribution in [0.3, 0.4) is 0 Å². The number of benzene rings is 2. The summed E-state index contributed by atoms with van der Waals surface area (Å²) in [5.41, 5.74) is 3.50. The standard InChI is InChI=1S/C18H19BrN2O5/c1-23-14-6-5-13(19)7-12(14)10-20-21-18(22)11-8-15(24-2)17(26-4)16(9-11)25-3/h5-10H,1-4H3,(H,21,22)/b20-10+. The summed E-state index contributed by atoms with van der Waals surface area (Å²) in [6.07, 6.45) is 1.50. The van der Waals surface area contributed by atoms with Gasteiger partial charge in [0, 0.05) is 15.6 Å². The van der Waals surface area contributed by atoms with Crippen molar-refractivity contribution >= 4 is 28.1 Å². The van der Waals surface area contributed by atoms with E-state index in [2.05, 4.69) is 26.5 Å². The summed E-state index contributed by atoms with van der Waals surface area (Å²) in [5, 5.41) is 3.98. The maximum Gasteiger partial charge on any atom is 0.271 e. The van der Waals surface area contributed by atoms with Crippen molar-refractivity contribution in [1.82, 2.24) is 5.43 Å². The molecule has 8 heteroatoms. The number of ether oxygens (including phenoxy) is 4. The minimum atomic E-state index is -0.422. The van der Waals surface area contributed by atoms with E-state index in [1.807, 2.05) is 12.1 Å². The zero-order valence-corrected chi connectivity index (χ0v) is 16.4. The second kappa shape index (κ2) is 9.10. The Kier molecular flexibility index (Phi) is 6.85. The summed E-state index contributed by atoms with van der Waals surface area (Å²) in [5.74, 6) is 1.40. The third kappa shape index (κ3) is 4.45. The molecule has 2 aromatic rings. The molecule has 138 valence electrons. The molecule has 0 radical (unpaired) electrons. The average Bonchev–Trinajstić information content (AvgIpc) is 2.66. The molecule has 0 saturated carbocycles.